The third-order valence-electron chi connectivity index (χ3n) is 13.2. The van der Waals surface area contributed by atoms with Gasteiger partial charge in [-0.25, -0.2) is 0 Å². The van der Waals surface area contributed by atoms with Crippen molar-refractivity contribution in [3.8, 4) is 11.5 Å². The number of hydrogen-bond acceptors (Lipinski definition) is 9. The molecule has 0 spiro atoms. The quantitative estimate of drug-likeness (QED) is 0.0275. The van der Waals surface area contributed by atoms with Crippen molar-refractivity contribution >= 4 is 73.8 Å². The lowest BCUT2D eigenvalue weighted by Crippen LogP contribution is -2.47. The average molecular weight is 1160 g/mol. The summed E-state index contributed by atoms with van der Waals surface area (Å²) in [5.74, 6) is 1.04. The second-order valence-corrected chi connectivity index (χ2v) is 19.7. The van der Waals surface area contributed by atoms with Crippen molar-refractivity contribution in [1.29, 1.82) is 0 Å². The second kappa shape index (κ2) is 65.0. The number of halogens is 5. The van der Waals surface area contributed by atoms with Gasteiger partial charge in [-0.15, -0.1) is 62.0 Å². The topological polar surface area (TPSA) is 170 Å². The zero-order valence-electron chi connectivity index (χ0n) is 47.6. The van der Waals surface area contributed by atoms with Crippen LogP contribution in [-0.2, 0) is 4.79 Å². The van der Waals surface area contributed by atoms with Gasteiger partial charge >= 0.3 is 0 Å². The molecule has 1 atom stereocenters. The minimum atomic E-state index is -0.330. The molecule has 0 saturated carbocycles. The molecule has 1 aromatic carbocycles. The molecule has 9 N–H and O–H groups in total. The summed E-state index contributed by atoms with van der Waals surface area (Å²) in [5, 5.41) is 9.43. The Hall–Kier alpha value is -1.51. The van der Waals surface area contributed by atoms with Gasteiger partial charge in [0.15, 0.2) is 11.5 Å². The molecule has 446 valence electrons. The first-order valence-electron chi connectivity index (χ1n) is 29.3. The maximum atomic E-state index is 13.4. The monoisotopic (exact) mass is 1160 g/mol. The summed E-state index contributed by atoms with van der Waals surface area (Å²) in [5.41, 5.74) is 17.8. The van der Waals surface area contributed by atoms with E-state index in [1.165, 1.54) is 154 Å². The lowest BCUT2D eigenvalue weighted by molar-refractivity contribution is -0.123. The van der Waals surface area contributed by atoms with Crippen LogP contribution in [0.4, 0.5) is 0 Å². The van der Waals surface area contributed by atoms with Crippen LogP contribution in [0, 0.1) is 0 Å². The predicted octanol–water partition coefficient (Wildman–Crippen LogP) is 14.6. The Kier molecular flexibility index (Phi) is 71.4. The molecule has 0 fully saturated rings. The maximum absolute atomic E-state index is 13.4. The molecule has 2 amide bonds. The van der Waals surface area contributed by atoms with E-state index in [4.69, 9.17) is 26.7 Å². The standard InChI is InChI=1S/C59H111N7O4.5ClH/c1-3-5-7-9-11-13-15-17-19-21-23-25-27-29-31-33-51-69-56-41-40-54(53-57(56)70-52-34-32-30-28-26-24-22-20-18-16-14-12-10-8-6-4-2)58(67)64-46-47-65-59(68)55(63-45-36-42-60)39-35-48-66(49-37-43-61)50-38-44-62;;;;;/h17-20,40-41,53,55,63H,3-16,21-39,42-52,60-62H2,1-2H3,(H,64,67)(H,65,68);5*1H/t55-;;;;;/m0...../s1. The fraction of sp³-hybridized carbons (Fsp3) is 0.797. The van der Waals surface area contributed by atoms with E-state index in [9.17, 15) is 9.59 Å². The first-order chi connectivity index (χ1) is 34.5. The van der Waals surface area contributed by atoms with Crippen molar-refractivity contribution in [1.82, 2.24) is 20.9 Å². The summed E-state index contributed by atoms with van der Waals surface area (Å²) in [4.78, 5) is 29.1. The number of carbonyl (C=O) groups is 2. The van der Waals surface area contributed by atoms with E-state index in [1.807, 2.05) is 18.2 Å². The highest BCUT2D eigenvalue weighted by Gasteiger charge is 2.18. The Morgan fingerprint density at radius 2 is 0.880 bits per heavy atom. The van der Waals surface area contributed by atoms with Crippen LogP contribution in [0.3, 0.4) is 0 Å². The zero-order valence-corrected chi connectivity index (χ0v) is 51.7. The number of allylic oxidation sites excluding steroid dienone is 4. The summed E-state index contributed by atoms with van der Waals surface area (Å²) in [7, 11) is 0. The van der Waals surface area contributed by atoms with Crippen LogP contribution in [0.2, 0.25) is 0 Å². The Morgan fingerprint density at radius 3 is 1.33 bits per heavy atom. The van der Waals surface area contributed by atoms with Crippen molar-refractivity contribution in [2.24, 2.45) is 17.2 Å². The van der Waals surface area contributed by atoms with E-state index in [1.54, 1.807) is 0 Å². The number of carbonyl (C=O) groups excluding carboxylic acids is 2. The Labute approximate surface area is 491 Å². The minimum Gasteiger partial charge on any atom is -0.490 e. The molecule has 1 aromatic rings. The lowest BCUT2D eigenvalue weighted by Gasteiger charge is -2.24. The molecule has 11 nitrogen and oxygen atoms in total. The highest BCUT2D eigenvalue weighted by atomic mass is 35.5. The van der Waals surface area contributed by atoms with Crippen LogP contribution in [0.5, 0.6) is 11.5 Å². The summed E-state index contributed by atoms with van der Waals surface area (Å²) in [6, 6.07) is 5.17. The molecule has 0 saturated heterocycles. The van der Waals surface area contributed by atoms with E-state index in [-0.39, 0.29) is 79.9 Å². The van der Waals surface area contributed by atoms with Crippen LogP contribution in [0.25, 0.3) is 0 Å². The highest BCUT2D eigenvalue weighted by molar-refractivity contribution is 5.95. The van der Waals surface area contributed by atoms with E-state index in [2.05, 4.69) is 59.0 Å². The van der Waals surface area contributed by atoms with Gasteiger partial charge in [-0.2, -0.15) is 0 Å². The van der Waals surface area contributed by atoms with Crippen LogP contribution < -0.4 is 42.6 Å². The minimum absolute atomic E-state index is 0. The molecular formula is C59H116Cl5N7O4. The number of benzene rings is 1. The number of ether oxygens (including phenoxy) is 2. The molecule has 0 heterocycles. The molecule has 1 rings (SSSR count). The van der Waals surface area contributed by atoms with Crippen molar-refractivity contribution in [3.05, 3.63) is 48.1 Å². The molecular weight excluding hydrogens is 1050 g/mol. The number of hydrogen-bond donors (Lipinski definition) is 6. The van der Waals surface area contributed by atoms with Gasteiger partial charge in [-0.1, -0.05) is 154 Å². The van der Waals surface area contributed by atoms with Gasteiger partial charge in [0.05, 0.1) is 19.3 Å². The average Bonchev–Trinajstić information content (AvgIpc) is 3.37. The van der Waals surface area contributed by atoms with Crippen molar-refractivity contribution < 1.29 is 19.1 Å². The third-order valence-corrected chi connectivity index (χ3v) is 13.2. The first-order valence-corrected chi connectivity index (χ1v) is 29.3. The number of nitrogens with two attached hydrogens (primary N) is 3. The van der Waals surface area contributed by atoms with Crippen molar-refractivity contribution in [2.75, 3.05) is 72.1 Å². The van der Waals surface area contributed by atoms with Gasteiger partial charge < -0.3 is 47.5 Å². The number of nitrogens with one attached hydrogen (secondary N) is 3. The summed E-state index contributed by atoms with van der Waals surface area (Å²) in [6.45, 7) is 11.7. The first kappa shape index (κ1) is 82.3. The van der Waals surface area contributed by atoms with E-state index < -0.39 is 0 Å². The molecule has 0 unspecified atom stereocenters. The molecule has 75 heavy (non-hydrogen) atoms. The Bertz CT molecular complexity index is 1400. The zero-order chi connectivity index (χ0) is 50.6. The van der Waals surface area contributed by atoms with Gasteiger partial charge in [-0.3, -0.25) is 9.59 Å². The fourth-order valence-electron chi connectivity index (χ4n) is 8.72. The number of unbranched alkanes of at least 4 members (excludes halogenated alkanes) is 24. The Balaban J connectivity index is -0.00000327. The molecule has 0 radical (unpaired) electrons. The smallest absolute Gasteiger partial charge is 0.251 e. The van der Waals surface area contributed by atoms with E-state index >= 15 is 0 Å². The van der Waals surface area contributed by atoms with Crippen LogP contribution in [0.1, 0.15) is 236 Å². The van der Waals surface area contributed by atoms with Crippen molar-refractivity contribution in [2.45, 2.75) is 232 Å². The van der Waals surface area contributed by atoms with Gasteiger partial charge in [0.1, 0.15) is 0 Å². The van der Waals surface area contributed by atoms with Crippen LogP contribution in [0.15, 0.2) is 42.5 Å². The summed E-state index contributed by atoms with van der Waals surface area (Å²) < 4.78 is 12.6. The maximum Gasteiger partial charge on any atom is 0.251 e. The predicted molar refractivity (Wildman–Crippen MR) is 336 cm³/mol. The van der Waals surface area contributed by atoms with E-state index in [0.717, 1.165) is 71.0 Å². The Morgan fingerprint density at radius 1 is 0.480 bits per heavy atom. The molecule has 0 aliphatic carbocycles. The van der Waals surface area contributed by atoms with Gasteiger partial charge in [0.25, 0.3) is 5.91 Å². The second-order valence-electron chi connectivity index (χ2n) is 19.7. The van der Waals surface area contributed by atoms with Gasteiger partial charge in [-0.05, 0) is 160 Å². The molecule has 0 aliphatic heterocycles. The number of rotatable bonds is 53. The SMILES string of the molecule is CCCCCCCCC=CCCCCCCCCOc1ccc(C(=O)NCCNC(=O)[C@H](CCCN(CCCN)CCCN)NCCCN)cc1OCCCCCCCCC=CCCCCCCCC.Cl.Cl.Cl.Cl.Cl. The summed E-state index contributed by atoms with van der Waals surface area (Å²) >= 11 is 0. The third kappa shape index (κ3) is 51.7. The van der Waals surface area contributed by atoms with Crippen molar-refractivity contribution in [3.63, 3.8) is 0 Å². The fourth-order valence-corrected chi connectivity index (χ4v) is 8.72. The number of nitrogens with zero attached hydrogens (tertiary/aromatic N) is 1. The summed E-state index contributed by atoms with van der Waals surface area (Å²) in [6.07, 6.45) is 49.3. The molecule has 0 aromatic heterocycles. The van der Waals surface area contributed by atoms with E-state index in [0.29, 0.717) is 76.0 Å². The lowest BCUT2D eigenvalue weighted by atomic mass is 10.1. The highest BCUT2D eigenvalue weighted by Crippen LogP contribution is 2.29. The largest absolute Gasteiger partial charge is 0.490 e. The van der Waals surface area contributed by atoms with Crippen LogP contribution in [-0.4, -0.2) is 94.9 Å². The molecule has 16 heteroatoms. The van der Waals surface area contributed by atoms with Gasteiger partial charge in [0.2, 0.25) is 5.91 Å². The number of amides is 2. The normalized spacial score (nSPS) is 11.3. The molecule has 0 bridgehead atoms. The molecule has 0 aliphatic rings. The van der Waals surface area contributed by atoms with Gasteiger partial charge in [0, 0.05) is 18.7 Å². The van der Waals surface area contributed by atoms with Crippen LogP contribution >= 0.6 is 62.0 Å².